The van der Waals surface area contributed by atoms with Crippen molar-refractivity contribution in [3.05, 3.63) is 23.3 Å². The Labute approximate surface area is 108 Å². The van der Waals surface area contributed by atoms with Crippen molar-refractivity contribution in [3.63, 3.8) is 0 Å². The Balaban J connectivity index is 2.50. The van der Waals surface area contributed by atoms with E-state index in [9.17, 15) is 0 Å². The van der Waals surface area contributed by atoms with Crippen LogP contribution < -0.4 is 10.5 Å². The van der Waals surface area contributed by atoms with Crippen LogP contribution in [0.2, 0.25) is 0 Å². The van der Waals surface area contributed by atoms with E-state index in [2.05, 4.69) is 25.3 Å². The van der Waals surface area contributed by atoms with Gasteiger partial charge in [0.1, 0.15) is 5.75 Å². The summed E-state index contributed by atoms with van der Waals surface area (Å²) in [5.41, 5.74) is 8.87. The van der Waals surface area contributed by atoms with Gasteiger partial charge in [0.15, 0.2) is 0 Å². The highest BCUT2D eigenvalue weighted by Gasteiger charge is 2.33. The van der Waals surface area contributed by atoms with Crippen LogP contribution >= 0.6 is 11.8 Å². The van der Waals surface area contributed by atoms with Crippen molar-refractivity contribution >= 4 is 11.8 Å². The minimum Gasteiger partial charge on any atom is -0.496 e. The summed E-state index contributed by atoms with van der Waals surface area (Å²) in [6.45, 7) is 2.08. The van der Waals surface area contributed by atoms with Crippen molar-refractivity contribution in [3.8, 4) is 5.75 Å². The first-order valence-electron chi connectivity index (χ1n) is 6.13. The lowest BCUT2D eigenvalue weighted by atomic mass is 9.88. The lowest BCUT2D eigenvalue weighted by molar-refractivity contribution is 0.403. The third-order valence-electron chi connectivity index (χ3n) is 3.75. The molecule has 0 bridgehead atoms. The van der Waals surface area contributed by atoms with Crippen molar-refractivity contribution in [2.24, 2.45) is 5.73 Å². The van der Waals surface area contributed by atoms with Crippen LogP contribution in [0.25, 0.3) is 0 Å². The minimum atomic E-state index is -0.140. The first-order valence-corrected chi connectivity index (χ1v) is 7.35. The molecule has 2 nitrogen and oxygen atoms in total. The highest BCUT2D eigenvalue weighted by molar-refractivity contribution is 7.98. The second-order valence-electron chi connectivity index (χ2n) is 4.89. The standard InChI is InChI=1S/C14H21NOS/c1-10-8-13(17-3)11(9-12(10)16-2)14(15)6-4-5-7-14/h8-9H,4-7,15H2,1-3H3. The molecule has 17 heavy (non-hydrogen) atoms. The first-order chi connectivity index (χ1) is 8.10. The summed E-state index contributed by atoms with van der Waals surface area (Å²) in [6, 6.07) is 4.35. The second kappa shape index (κ2) is 4.91. The van der Waals surface area contributed by atoms with Gasteiger partial charge in [-0.15, -0.1) is 11.8 Å². The fraction of sp³-hybridized carbons (Fsp3) is 0.571. The fourth-order valence-electron chi connectivity index (χ4n) is 2.71. The Kier molecular flexibility index (Phi) is 3.69. The number of aryl methyl sites for hydroxylation is 1. The van der Waals surface area contributed by atoms with Gasteiger partial charge in [-0.1, -0.05) is 12.8 Å². The monoisotopic (exact) mass is 251 g/mol. The van der Waals surface area contributed by atoms with E-state index in [1.165, 1.54) is 28.9 Å². The highest BCUT2D eigenvalue weighted by Crippen LogP contribution is 2.42. The molecule has 0 heterocycles. The van der Waals surface area contributed by atoms with Crippen LogP contribution in [0.5, 0.6) is 5.75 Å². The van der Waals surface area contributed by atoms with E-state index in [-0.39, 0.29) is 5.54 Å². The summed E-state index contributed by atoms with van der Waals surface area (Å²) in [7, 11) is 1.72. The molecule has 2 N–H and O–H groups in total. The molecule has 0 radical (unpaired) electrons. The van der Waals surface area contributed by atoms with Crippen molar-refractivity contribution < 1.29 is 4.74 Å². The maximum atomic E-state index is 6.56. The van der Waals surface area contributed by atoms with Gasteiger partial charge in [-0.3, -0.25) is 0 Å². The number of rotatable bonds is 3. The van der Waals surface area contributed by atoms with E-state index in [0.29, 0.717) is 0 Å². The molecule has 0 spiro atoms. The third-order valence-corrected chi connectivity index (χ3v) is 4.53. The van der Waals surface area contributed by atoms with Crippen LogP contribution in [-0.2, 0) is 5.54 Å². The van der Waals surface area contributed by atoms with Gasteiger partial charge in [-0.2, -0.15) is 0 Å². The van der Waals surface area contributed by atoms with E-state index in [1.807, 2.05) is 0 Å². The average molecular weight is 251 g/mol. The molecule has 1 aromatic rings. The van der Waals surface area contributed by atoms with Crippen LogP contribution in [0.4, 0.5) is 0 Å². The molecule has 1 aliphatic rings. The number of thioether (sulfide) groups is 1. The molecule has 0 amide bonds. The zero-order chi connectivity index (χ0) is 12.5. The zero-order valence-corrected chi connectivity index (χ0v) is 11.7. The van der Waals surface area contributed by atoms with Crippen molar-refractivity contribution in [2.75, 3.05) is 13.4 Å². The van der Waals surface area contributed by atoms with Crippen LogP contribution in [-0.4, -0.2) is 13.4 Å². The Bertz CT molecular complexity index is 411. The SMILES string of the molecule is COc1cc(C2(N)CCCC2)c(SC)cc1C. The predicted octanol–water partition coefficient (Wildman–Crippen LogP) is 3.45. The molecule has 0 saturated heterocycles. The van der Waals surface area contributed by atoms with Crippen LogP contribution in [0, 0.1) is 6.92 Å². The van der Waals surface area contributed by atoms with Gasteiger partial charge in [-0.25, -0.2) is 0 Å². The fourth-order valence-corrected chi connectivity index (χ4v) is 3.49. The molecule has 1 aliphatic carbocycles. The lowest BCUT2D eigenvalue weighted by Crippen LogP contribution is -2.33. The summed E-state index contributed by atoms with van der Waals surface area (Å²) >= 11 is 1.78. The first kappa shape index (κ1) is 12.8. The molecular formula is C14H21NOS. The third kappa shape index (κ3) is 2.31. The van der Waals surface area contributed by atoms with Gasteiger partial charge in [-0.05, 0) is 49.3 Å². The molecule has 0 unspecified atom stereocenters. The van der Waals surface area contributed by atoms with Crippen LogP contribution in [0.15, 0.2) is 17.0 Å². The topological polar surface area (TPSA) is 35.2 Å². The van der Waals surface area contributed by atoms with Gasteiger partial charge < -0.3 is 10.5 Å². The lowest BCUT2D eigenvalue weighted by Gasteiger charge is -2.27. The van der Waals surface area contributed by atoms with Gasteiger partial charge in [0.2, 0.25) is 0 Å². The molecule has 0 atom stereocenters. The normalized spacial score (nSPS) is 18.4. The van der Waals surface area contributed by atoms with Crippen molar-refractivity contribution in [1.82, 2.24) is 0 Å². The second-order valence-corrected chi connectivity index (χ2v) is 5.73. The van der Waals surface area contributed by atoms with E-state index < -0.39 is 0 Å². The summed E-state index contributed by atoms with van der Waals surface area (Å²) in [6.07, 6.45) is 6.77. The summed E-state index contributed by atoms with van der Waals surface area (Å²) in [4.78, 5) is 1.30. The molecule has 1 aromatic carbocycles. The summed E-state index contributed by atoms with van der Waals surface area (Å²) < 4.78 is 5.42. The number of hydrogen-bond donors (Lipinski definition) is 1. The molecule has 3 heteroatoms. The van der Waals surface area contributed by atoms with Gasteiger partial charge >= 0.3 is 0 Å². The molecule has 94 valence electrons. The van der Waals surface area contributed by atoms with Crippen molar-refractivity contribution in [2.45, 2.75) is 43.0 Å². The van der Waals surface area contributed by atoms with E-state index in [0.717, 1.165) is 18.6 Å². The Morgan fingerprint density at radius 2 is 1.94 bits per heavy atom. The minimum absolute atomic E-state index is 0.140. The Hall–Kier alpha value is -0.670. The Morgan fingerprint density at radius 1 is 1.29 bits per heavy atom. The van der Waals surface area contributed by atoms with Gasteiger partial charge in [0, 0.05) is 10.4 Å². The maximum absolute atomic E-state index is 6.56. The molecule has 1 saturated carbocycles. The molecule has 0 aliphatic heterocycles. The number of benzene rings is 1. The molecule has 0 aromatic heterocycles. The van der Waals surface area contributed by atoms with E-state index in [1.54, 1.807) is 18.9 Å². The quantitative estimate of drug-likeness (QED) is 0.836. The molecule has 1 fully saturated rings. The number of hydrogen-bond acceptors (Lipinski definition) is 3. The number of methoxy groups -OCH3 is 1. The number of nitrogens with two attached hydrogens (primary N) is 1. The molecule has 2 rings (SSSR count). The highest BCUT2D eigenvalue weighted by atomic mass is 32.2. The zero-order valence-electron chi connectivity index (χ0n) is 10.9. The maximum Gasteiger partial charge on any atom is 0.122 e. The molecular weight excluding hydrogens is 230 g/mol. The van der Waals surface area contributed by atoms with E-state index in [4.69, 9.17) is 10.5 Å². The average Bonchev–Trinajstić information content (AvgIpc) is 2.76. The summed E-state index contributed by atoms with van der Waals surface area (Å²) in [5.74, 6) is 0.953. The van der Waals surface area contributed by atoms with Gasteiger partial charge in [0.25, 0.3) is 0 Å². The van der Waals surface area contributed by atoms with Crippen molar-refractivity contribution in [1.29, 1.82) is 0 Å². The van der Waals surface area contributed by atoms with Gasteiger partial charge in [0.05, 0.1) is 7.11 Å². The predicted molar refractivity (Wildman–Crippen MR) is 73.8 cm³/mol. The number of ether oxygens (including phenoxy) is 1. The summed E-state index contributed by atoms with van der Waals surface area (Å²) in [5, 5.41) is 0. The Morgan fingerprint density at radius 3 is 2.47 bits per heavy atom. The van der Waals surface area contributed by atoms with E-state index >= 15 is 0 Å². The largest absolute Gasteiger partial charge is 0.496 e. The smallest absolute Gasteiger partial charge is 0.122 e. The van der Waals surface area contributed by atoms with Crippen LogP contribution in [0.3, 0.4) is 0 Å². The van der Waals surface area contributed by atoms with Crippen LogP contribution in [0.1, 0.15) is 36.8 Å².